The van der Waals surface area contributed by atoms with Crippen LogP contribution in [0.1, 0.15) is 55.7 Å². The summed E-state index contributed by atoms with van der Waals surface area (Å²) in [4.78, 5) is 29.5. The molecule has 0 radical (unpaired) electrons. The summed E-state index contributed by atoms with van der Waals surface area (Å²) in [5.74, 6) is -0.0544. The second kappa shape index (κ2) is 13.9. The van der Waals surface area contributed by atoms with Crippen LogP contribution in [-0.4, -0.2) is 50.9 Å². The summed E-state index contributed by atoms with van der Waals surface area (Å²) in [6.07, 6.45) is 4.35. The highest BCUT2D eigenvalue weighted by molar-refractivity contribution is 7.92. The fraction of sp³-hybridized carbons (Fsp3) is 0.394. The molecule has 8 nitrogen and oxygen atoms in total. The first-order chi connectivity index (χ1) is 20.1. The topological polar surface area (TPSA) is 96.0 Å². The van der Waals surface area contributed by atoms with Crippen LogP contribution in [0.3, 0.4) is 0 Å². The highest BCUT2D eigenvalue weighted by atomic mass is 32.2. The standard InChI is InChI=1S/C33H41N3O5S/c1-5-31(33(38)34-27-13-9-10-14-27)35(22-26-12-11-15-29(21-26)41-4)32(37)23-36(28-19-24(2)18-25(3)20-28)42(39,40)30-16-7-6-8-17-30/h6-8,11-12,15-21,27,31H,5,9-10,13-14,22-23H2,1-4H3,(H,34,38)/t31-/m1/s1. The third kappa shape index (κ3) is 7.50. The highest BCUT2D eigenvalue weighted by Gasteiger charge is 2.34. The lowest BCUT2D eigenvalue weighted by molar-refractivity contribution is -0.140. The van der Waals surface area contributed by atoms with Gasteiger partial charge in [0.2, 0.25) is 11.8 Å². The monoisotopic (exact) mass is 591 g/mol. The minimum atomic E-state index is -4.11. The number of methoxy groups -OCH3 is 1. The number of nitrogens with one attached hydrogen (secondary N) is 1. The Kier molecular flexibility index (Phi) is 10.3. The van der Waals surface area contributed by atoms with E-state index in [1.165, 1.54) is 17.0 Å². The quantitative estimate of drug-likeness (QED) is 0.305. The van der Waals surface area contributed by atoms with Crippen molar-refractivity contribution in [2.45, 2.75) is 76.4 Å². The van der Waals surface area contributed by atoms with Crippen molar-refractivity contribution in [3.05, 3.63) is 89.5 Å². The van der Waals surface area contributed by atoms with Crippen LogP contribution < -0.4 is 14.4 Å². The average Bonchev–Trinajstić information content (AvgIpc) is 3.48. The van der Waals surface area contributed by atoms with Crippen molar-refractivity contribution in [3.63, 3.8) is 0 Å². The van der Waals surface area contributed by atoms with Gasteiger partial charge in [-0.25, -0.2) is 8.42 Å². The summed E-state index contributed by atoms with van der Waals surface area (Å²) in [5, 5.41) is 3.14. The van der Waals surface area contributed by atoms with Crippen LogP contribution in [-0.2, 0) is 26.2 Å². The molecule has 0 spiro atoms. The second-order valence-electron chi connectivity index (χ2n) is 11.0. The molecule has 0 bridgehead atoms. The summed E-state index contributed by atoms with van der Waals surface area (Å²) in [7, 11) is -2.53. The predicted molar refractivity (Wildman–Crippen MR) is 165 cm³/mol. The summed E-state index contributed by atoms with van der Waals surface area (Å²) in [6.45, 7) is 5.31. The lowest BCUT2D eigenvalue weighted by Gasteiger charge is -2.34. The molecule has 0 saturated heterocycles. The molecule has 1 fully saturated rings. The number of amides is 2. The van der Waals surface area contributed by atoms with E-state index in [1.54, 1.807) is 37.4 Å². The van der Waals surface area contributed by atoms with Crippen molar-refractivity contribution in [2.24, 2.45) is 0 Å². The number of sulfonamides is 1. The average molecular weight is 592 g/mol. The second-order valence-corrected chi connectivity index (χ2v) is 12.8. The summed E-state index contributed by atoms with van der Waals surface area (Å²) >= 11 is 0. The van der Waals surface area contributed by atoms with Gasteiger partial charge >= 0.3 is 0 Å². The summed E-state index contributed by atoms with van der Waals surface area (Å²) in [6, 6.07) is 20.2. The zero-order valence-corrected chi connectivity index (χ0v) is 25.7. The molecule has 3 aromatic carbocycles. The van der Waals surface area contributed by atoms with Crippen molar-refractivity contribution in [1.82, 2.24) is 10.2 Å². The molecule has 1 aliphatic carbocycles. The van der Waals surface area contributed by atoms with Gasteiger partial charge in [0.1, 0.15) is 18.3 Å². The third-order valence-electron chi connectivity index (χ3n) is 7.68. The largest absolute Gasteiger partial charge is 0.497 e. The van der Waals surface area contributed by atoms with Crippen LogP contribution in [0.15, 0.2) is 77.7 Å². The fourth-order valence-electron chi connectivity index (χ4n) is 5.60. The Morgan fingerprint density at radius 1 is 0.952 bits per heavy atom. The van der Waals surface area contributed by atoms with Gasteiger partial charge in [0.25, 0.3) is 10.0 Å². The molecule has 0 heterocycles. The van der Waals surface area contributed by atoms with E-state index in [0.29, 0.717) is 17.9 Å². The molecule has 0 unspecified atom stereocenters. The van der Waals surface area contributed by atoms with E-state index in [1.807, 2.05) is 51.1 Å². The van der Waals surface area contributed by atoms with Gasteiger partial charge in [-0.3, -0.25) is 13.9 Å². The van der Waals surface area contributed by atoms with Crippen molar-refractivity contribution in [1.29, 1.82) is 0 Å². The number of nitrogens with zero attached hydrogens (tertiary/aromatic N) is 2. The fourth-order valence-corrected chi connectivity index (χ4v) is 7.02. The molecule has 1 saturated carbocycles. The number of carbonyl (C=O) groups excluding carboxylic acids is 2. The number of hydrogen-bond acceptors (Lipinski definition) is 5. The maximum Gasteiger partial charge on any atom is 0.264 e. The molecule has 4 rings (SSSR count). The van der Waals surface area contributed by atoms with Crippen molar-refractivity contribution in [3.8, 4) is 5.75 Å². The first-order valence-corrected chi connectivity index (χ1v) is 15.9. The smallest absolute Gasteiger partial charge is 0.264 e. The van der Waals surface area contributed by atoms with Crippen LogP contribution >= 0.6 is 0 Å². The summed E-state index contributed by atoms with van der Waals surface area (Å²) < 4.78 is 34.6. The minimum absolute atomic E-state index is 0.0855. The molecular weight excluding hydrogens is 550 g/mol. The molecule has 2 amide bonds. The molecule has 42 heavy (non-hydrogen) atoms. The molecule has 224 valence electrons. The van der Waals surface area contributed by atoms with Crippen LogP contribution in [0.4, 0.5) is 5.69 Å². The highest BCUT2D eigenvalue weighted by Crippen LogP contribution is 2.27. The number of aryl methyl sites for hydroxylation is 2. The van der Waals surface area contributed by atoms with Crippen LogP contribution in [0, 0.1) is 13.8 Å². The number of benzene rings is 3. The Bertz CT molecular complexity index is 1470. The normalized spacial score (nSPS) is 14.3. The maximum atomic E-state index is 14.3. The van der Waals surface area contributed by atoms with Crippen molar-refractivity contribution >= 4 is 27.5 Å². The Morgan fingerprint density at radius 2 is 1.62 bits per heavy atom. The number of rotatable bonds is 12. The first-order valence-electron chi connectivity index (χ1n) is 14.5. The van der Waals surface area contributed by atoms with Gasteiger partial charge in [-0.2, -0.15) is 0 Å². The number of carbonyl (C=O) groups is 2. The Hall–Kier alpha value is -3.85. The molecule has 1 N–H and O–H groups in total. The molecule has 9 heteroatoms. The van der Waals surface area contributed by atoms with E-state index < -0.39 is 28.5 Å². The SMILES string of the molecule is CC[C@H](C(=O)NC1CCCC1)N(Cc1cccc(OC)c1)C(=O)CN(c1cc(C)cc(C)c1)S(=O)(=O)c1ccccc1. The zero-order valence-electron chi connectivity index (χ0n) is 24.9. The molecular formula is C33H41N3O5S. The molecule has 1 aliphatic rings. The van der Waals surface area contributed by atoms with Crippen molar-refractivity contribution < 1.29 is 22.7 Å². The van der Waals surface area contributed by atoms with E-state index in [9.17, 15) is 18.0 Å². The molecule has 3 aromatic rings. The van der Waals surface area contributed by atoms with Crippen molar-refractivity contribution in [2.75, 3.05) is 18.0 Å². The van der Waals surface area contributed by atoms with Gasteiger partial charge in [0.05, 0.1) is 17.7 Å². The van der Waals surface area contributed by atoms with Crippen LogP contribution in [0.2, 0.25) is 0 Å². The van der Waals surface area contributed by atoms with E-state index in [0.717, 1.165) is 46.7 Å². The van der Waals surface area contributed by atoms with Gasteiger partial charge in [-0.05, 0) is 86.2 Å². The Morgan fingerprint density at radius 3 is 2.24 bits per heavy atom. The minimum Gasteiger partial charge on any atom is -0.497 e. The number of anilines is 1. The van der Waals surface area contributed by atoms with Gasteiger partial charge < -0.3 is 15.0 Å². The lowest BCUT2D eigenvalue weighted by atomic mass is 10.1. The van der Waals surface area contributed by atoms with Gasteiger partial charge in [0, 0.05) is 12.6 Å². The van der Waals surface area contributed by atoms with E-state index in [4.69, 9.17) is 4.74 Å². The van der Waals surface area contributed by atoms with Crippen LogP contribution in [0.25, 0.3) is 0 Å². The maximum absolute atomic E-state index is 14.3. The van der Waals surface area contributed by atoms with E-state index in [2.05, 4.69) is 5.32 Å². The third-order valence-corrected chi connectivity index (χ3v) is 9.47. The molecule has 0 aromatic heterocycles. The zero-order chi connectivity index (χ0) is 30.3. The Balaban J connectivity index is 1.74. The number of hydrogen-bond donors (Lipinski definition) is 1. The van der Waals surface area contributed by atoms with Gasteiger partial charge in [-0.15, -0.1) is 0 Å². The lowest BCUT2D eigenvalue weighted by Crippen LogP contribution is -2.53. The molecule has 1 atom stereocenters. The van der Waals surface area contributed by atoms with Gasteiger partial charge in [0.15, 0.2) is 0 Å². The summed E-state index contributed by atoms with van der Waals surface area (Å²) in [5.41, 5.74) is 2.93. The number of ether oxygens (including phenoxy) is 1. The Labute approximate surface area is 249 Å². The van der Waals surface area contributed by atoms with Crippen LogP contribution in [0.5, 0.6) is 5.75 Å². The first kappa shape index (κ1) is 31.1. The van der Waals surface area contributed by atoms with Gasteiger partial charge in [-0.1, -0.05) is 56.2 Å². The van der Waals surface area contributed by atoms with E-state index >= 15 is 0 Å². The van der Waals surface area contributed by atoms with E-state index in [-0.39, 0.29) is 23.4 Å². The molecule has 0 aliphatic heterocycles. The predicted octanol–water partition coefficient (Wildman–Crippen LogP) is 5.37.